The van der Waals surface area contributed by atoms with Crippen molar-refractivity contribution in [2.24, 2.45) is 0 Å². The lowest BCUT2D eigenvalue weighted by atomic mass is 10.1. The number of aromatic nitrogens is 2. The summed E-state index contributed by atoms with van der Waals surface area (Å²) in [7, 11) is 0. The number of carbonyl (C=O) groups excluding carboxylic acids is 2. The Kier molecular flexibility index (Phi) is 3.33. The standard InChI is InChI=1S/C13H14N4O2/c1-7-11(14)12(17-16-7)13(19)15-10-5-3-9(4-6-10)8(2)18/h3-6H,14H2,1-2H3,(H,15,19)(H,16,17). The van der Waals surface area contributed by atoms with E-state index in [9.17, 15) is 9.59 Å². The zero-order chi connectivity index (χ0) is 14.0. The first-order valence-electron chi connectivity index (χ1n) is 5.72. The van der Waals surface area contributed by atoms with Crippen LogP contribution in [-0.2, 0) is 0 Å². The van der Waals surface area contributed by atoms with Gasteiger partial charge in [-0.15, -0.1) is 0 Å². The molecule has 0 aliphatic heterocycles. The molecule has 0 spiro atoms. The van der Waals surface area contributed by atoms with Gasteiger partial charge in [-0.05, 0) is 38.1 Å². The second kappa shape index (κ2) is 4.93. The highest BCUT2D eigenvalue weighted by molar-refractivity contribution is 6.06. The molecule has 6 nitrogen and oxygen atoms in total. The van der Waals surface area contributed by atoms with Crippen LogP contribution in [0.2, 0.25) is 0 Å². The van der Waals surface area contributed by atoms with E-state index in [-0.39, 0.29) is 11.5 Å². The van der Waals surface area contributed by atoms with Crippen LogP contribution in [-0.4, -0.2) is 21.9 Å². The topological polar surface area (TPSA) is 101 Å². The Balaban J connectivity index is 2.15. The number of rotatable bonds is 3. The third kappa shape index (κ3) is 2.62. The van der Waals surface area contributed by atoms with Gasteiger partial charge in [-0.2, -0.15) is 5.10 Å². The van der Waals surface area contributed by atoms with Gasteiger partial charge in [0.05, 0.1) is 11.4 Å². The summed E-state index contributed by atoms with van der Waals surface area (Å²) in [5.41, 5.74) is 8.03. The summed E-state index contributed by atoms with van der Waals surface area (Å²) in [6.45, 7) is 3.22. The molecular weight excluding hydrogens is 244 g/mol. The minimum Gasteiger partial charge on any atom is -0.395 e. The van der Waals surface area contributed by atoms with Gasteiger partial charge in [-0.3, -0.25) is 14.7 Å². The summed E-state index contributed by atoms with van der Waals surface area (Å²) in [6, 6.07) is 6.61. The summed E-state index contributed by atoms with van der Waals surface area (Å²) in [5, 5.41) is 9.15. The number of hydrogen-bond donors (Lipinski definition) is 3. The van der Waals surface area contributed by atoms with E-state index in [0.717, 1.165) is 0 Å². The lowest BCUT2D eigenvalue weighted by Gasteiger charge is -2.04. The molecule has 1 heterocycles. The minimum absolute atomic E-state index is 0.0231. The Bertz CT molecular complexity index is 629. The molecule has 0 unspecified atom stereocenters. The molecular formula is C13H14N4O2. The molecule has 0 radical (unpaired) electrons. The van der Waals surface area contributed by atoms with E-state index in [1.807, 2.05) is 0 Å². The van der Waals surface area contributed by atoms with Crippen LogP contribution in [0.1, 0.15) is 33.5 Å². The van der Waals surface area contributed by atoms with Gasteiger partial charge in [-0.1, -0.05) is 0 Å². The second-order valence-corrected chi connectivity index (χ2v) is 4.20. The monoisotopic (exact) mass is 258 g/mol. The summed E-state index contributed by atoms with van der Waals surface area (Å²) < 4.78 is 0. The van der Waals surface area contributed by atoms with Gasteiger partial charge in [0.25, 0.3) is 5.91 Å². The highest BCUT2D eigenvalue weighted by atomic mass is 16.2. The molecule has 2 rings (SSSR count). The second-order valence-electron chi connectivity index (χ2n) is 4.20. The third-order valence-electron chi connectivity index (χ3n) is 2.76. The molecule has 98 valence electrons. The average molecular weight is 258 g/mol. The summed E-state index contributed by atoms with van der Waals surface area (Å²) in [5.74, 6) is -0.414. The van der Waals surface area contributed by atoms with Gasteiger partial charge in [-0.25, -0.2) is 0 Å². The van der Waals surface area contributed by atoms with Gasteiger partial charge in [0.1, 0.15) is 0 Å². The summed E-state index contributed by atoms with van der Waals surface area (Å²) in [4.78, 5) is 23.1. The van der Waals surface area contributed by atoms with Crippen molar-refractivity contribution < 1.29 is 9.59 Å². The van der Waals surface area contributed by atoms with Crippen molar-refractivity contribution in [1.29, 1.82) is 0 Å². The Morgan fingerprint density at radius 1 is 1.26 bits per heavy atom. The van der Waals surface area contributed by atoms with E-state index in [0.29, 0.717) is 22.6 Å². The zero-order valence-corrected chi connectivity index (χ0v) is 10.7. The number of hydrogen-bond acceptors (Lipinski definition) is 4. The van der Waals surface area contributed by atoms with Gasteiger partial charge in [0.2, 0.25) is 0 Å². The largest absolute Gasteiger partial charge is 0.395 e. The number of Topliss-reactive ketones (excluding diaryl/α,β-unsaturated/α-hetero) is 1. The predicted octanol–water partition coefficient (Wildman–Crippen LogP) is 1.76. The molecule has 19 heavy (non-hydrogen) atoms. The van der Waals surface area contributed by atoms with Crippen LogP contribution in [0.4, 0.5) is 11.4 Å². The highest BCUT2D eigenvalue weighted by Crippen LogP contribution is 2.16. The Morgan fingerprint density at radius 2 is 1.89 bits per heavy atom. The minimum atomic E-state index is -0.391. The Hall–Kier alpha value is -2.63. The van der Waals surface area contributed by atoms with Crippen LogP contribution >= 0.6 is 0 Å². The molecule has 1 aromatic heterocycles. The van der Waals surface area contributed by atoms with Crippen molar-refractivity contribution in [3.05, 3.63) is 41.2 Å². The smallest absolute Gasteiger partial charge is 0.278 e. The SMILES string of the molecule is CC(=O)c1ccc(NC(=O)c2n[nH]c(C)c2N)cc1. The molecule has 0 aliphatic carbocycles. The van der Waals surface area contributed by atoms with E-state index in [2.05, 4.69) is 15.5 Å². The number of nitrogen functional groups attached to an aromatic ring is 1. The zero-order valence-electron chi connectivity index (χ0n) is 10.7. The lowest BCUT2D eigenvalue weighted by Crippen LogP contribution is -2.14. The number of anilines is 2. The van der Waals surface area contributed by atoms with Crippen molar-refractivity contribution >= 4 is 23.1 Å². The van der Waals surface area contributed by atoms with Crippen molar-refractivity contribution in [2.45, 2.75) is 13.8 Å². The van der Waals surface area contributed by atoms with Crippen LogP contribution in [0.25, 0.3) is 0 Å². The fourth-order valence-electron chi connectivity index (χ4n) is 1.59. The molecule has 1 amide bonds. The molecule has 6 heteroatoms. The molecule has 4 N–H and O–H groups in total. The van der Waals surface area contributed by atoms with E-state index >= 15 is 0 Å². The van der Waals surface area contributed by atoms with Gasteiger partial charge in [0, 0.05) is 11.3 Å². The summed E-state index contributed by atoms with van der Waals surface area (Å²) >= 11 is 0. The number of benzene rings is 1. The van der Waals surface area contributed by atoms with Crippen LogP contribution in [0.3, 0.4) is 0 Å². The first kappa shape index (κ1) is 12.8. The first-order valence-corrected chi connectivity index (χ1v) is 5.72. The van der Waals surface area contributed by atoms with Crippen LogP contribution in [0, 0.1) is 6.92 Å². The quantitative estimate of drug-likeness (QED) is 0.730. The number of carbonyl (C=O) groups is 2. The first-order chi connectivity index (χ1) is 8.99. The number of nitrogens with one attached hydrogen (secondary N) is 2. The fourth-order valence-corrected chi connectivity index (χ4v) is 1.59. The molecule has 0 aliphatic rings. The molecule has 0 saturated heterocycles. The van der Waals surface area contributed by atoms with Crippen LogP contribution < -0.4 is 11.1 Å². The number of nitrogens with two attached hydrogens (primary N) is 1. The Morgan fingerprint density at radius 3 is 2.37 bits per heavy atom. The molecule has 0 bridgehead atoms. The van der Waals surface area contributed by atoms with Crippen molar-refractivity contribution in [2.75, 3.05) is 11.1 Å². The third-order valence-corrected chi connectivity index (χ3v) is 2.76. The lowest BCUT2D eigenvalue weighted by molar-refractivity contribution is 0.101. The van der Waals surface area contributed by atoms with E-state index < -0.39 is 5.91 Å². The van der Waals surface area contributed by atoms with Crippen molar-refractivity contribution in [1.82, 2.24) is 10.2 Å². The maximum absolute atomic E-state index is 11.9. The van der Waals surface area contributed by atoms with Crippen molar-refractivity contribution in [3.8, 4) is 0 Å². The molecule has 2 aromatic rings. The fraction of sp³-hybridized carbons (Fsp3) is 0.154. The Labute approximate surface area is 110 Å². The van der Waals surface area contributed by atoms with E-state index in [4.69, 9.17) is 5.73 Å². The van der Waals surface area contributed by atoms with Gasteiger partial charge >= 0.3 is 0 Å². The average Bonchev–Trinajstić information content (AvgIpc) is 2.70. The van der Waals surface area contributed by atoms with Crippen LogP contribution in [0.5, 0.6) is 0 Å². The molecule has 0 atom stereocenters. The number of aromatic amines is 1. The van der Waals surface area contributed by atoms with Gasteiger partial charge < -0.3 is 11.1 Å². The number of ketones is 1. The molecule has 1 aromatic carbocycles. The maximum Gasteiger partial charge on any atom is 0.278 e. The predicted molar refractivity (Wildman–Crippen MR) is 72.1 cm³/mol. The normalized spacial score (nSPS) is 10.2. The number of amides is 1. The highest BCUT2D eigenvalue weighted by Gasteiger charge is 2.15. The number of H-pyrrole nitrogens is 1. The maximum atomic E-state index is 11.9. The van der Waals surface area contributed by atoms with Crippen molar-refractivity contribution in [3.63, 3.8) is 0 Å². The van der Waals surface area contributed by atoms with Gasteiger partial charge in [0.15, 0.2) is 11.5 Å². The summed E-state index contributed by atoms with van der Waals surface area (Å²) in [6.07, 6.45) is 0. The van der Waals surface area contributed by atoms with Crippen LogP contribution in [0.15, 0.2) is 24.3 Å². The molecule has 0 saturated carbocycles. The molecule has 0 fully saturated rings. The van der Waals surface area contributed by atoms with E-state index in [1.54, 1.807) is 31.2 Å². The van der Waals surface area contributed by atoms with E-state index in [1.165, 1.54) is 6.92 Å². The number of nitrogens with zero attached hydrogens (tertiary/aromatic N) is 1. The number of aryl methyl sites for hydroxylation is 1.